The molecule has 7 aliphatic rings. The average Bonchev–Trinajstić information content (AvgIpc) is 3.18. The van der Waals surface area contributed by atoms with Gasteiger partial charge in [0.25, 0.3) is 0 Å². The molecular weight excluding hydrogens is 805 g/mol. The molecule has 2 N–H and O–H groups in total. The molecule has 3 nitrogen and oxygen atoms in total. The molecule has 0 bridgehead atoms. The van der Waals surface area contributed by atoms with Crippen LogP contribution in [0.25, 0.3) is 0 Å². The van der Waals surface area contributed by atoms with Crippen molar-refractivity contribution in [1.29, 1.82) is 0 Å². The summed E-state index contributed by atoms with van der Waals surface area (Å²) in [6.45, 7) is 34.0. The minimum atomic E-state index is 0. The number of ether oxygens (including phenoxy) is 2. The zero-order valence-electron chi connectivity index (χ0n) is 41.4. The van der Waals surface area contributed by atoms with E-state index in [0.29, 0.717) is 12.2 Å². The van der Waals surface area contributed by atoms with Crippen molar-refractivity contribution in [2.24, 2.45) is 59.2 Å². The first kappa shape index (κ1) is 88.3. The Labute approximate surface area is 427 Å². The predicted octanol–water partition coefficient (Wildman–Crippen LogP) is 22.8. The van der Waals surface area contributed by atoms with Crippen LogP contribution in [0, 0.1) is 59.2 Å². The van der Waals surface area contributed by atoms with Gasteiger partial charge >= 0.3 is 0 Å². The second-order valence-corrected chi connectivity index (χ2v) is 21.6. The Bertz CT molecular complexity index is 760. The predicted molar refractivity (Wildman–Crippen MR) is 318 cm³/mol. The van der Waals surface area contributed by atoms with E-state index in [9.17, 15) is 0 Å². The maximum absolute atomic E-state index is 5.39. The Morgan fingerprint density at radius 3 is 0.621 bits per heavy atom. The van der Waals surface area contributed by atoms with Crippen molar-refractivity contribution in [3.05, 3.63) is 23.3 Å². The molecular formula is C63H144O3. The molecule has 2 heterocycles. The van der Waals surface area contributed by atoms with Crippen molar-refractivity contribution in [2.45, 2.75) is 317 Å². The molecule has 66 heavy (non-hydrogen) atoms. The van der Waals surface area contributed by atoms with Crippen LogP contribution in [0.5, 0.6) is 0 Å². The van der Waals surface area contributed by atoms with Gasteiger partial charge in [-0.25, -0.2) is 0 Å². The first-order chi connectivity index (χ1) is 26.5. The maximum Gasteiger partial charge on any atom is 0.0547 e. The van der Waals surface area contributed by atoms with Crippen molar-refractivity contribution in [3.63, 3.8) is 0 Å². The average molecular weight is 950 g/mol. The zero-order valence-corrected chi connectivity index (χ0v) is 41.4. The molecule has 0 aromatic carbocycles. The van der Waals surface area contributed by atoms with Gasteiger partial charge in [-0.15, -0.1) is 0 Å². The number of rotatable bonds is 0. The third-order valence-electron chi connectivity index (χ3n) is 14.2. The molecule has 0 spiro atoms. The highest BCUT2D eigenvalue weighted by molar-refractivity contribution is 5.02. The highest BCUT2D eigenvalue weighted by Crippen LogP contribution is 2.29. The zero-order chi connectivity index (χ0) is 41.9. The molecule has 5 aliphatic carbocycles. The lowest BCUT2D eigenvalue weighted by atomic mass is 9.84. The lowest BCUT2D eigenvalue weighted by Gasteiger charge is -2.23. The van der Waals surface area contributed by atoms with Gasteiger partial charge in [-0.05, 0) is 151 Å². The fraction of sp³-hybridized carbons (Fsp3) is 0.937. The van der Waals surface area contributed by atoms with Crippen molar-refractivity contribution >= 4 is 0 Å². The molecule has 0 radical (unpaired) electrons. The maximum atomic E-state index is 5.39. The topological polar surface area (TPSA) is 50.0 Å². The standard InChI is InChI=1S/3C8H16.2C8H14.2C7H14O.9CH4.H2O.H2/c5*1-7-3-5-8(2)6-4-7;2*1-6-3-4-7(2)8-5-6;;;;;;;;;;;/h3*7-8H,3-6H2,1-2H3;2*3,8H,4-6H2,1-2H3;2*6-7H,3-5H2,1-2H3;9*1H4;1H2;1H. The molecule has 3 saturated carbocycles. The molecule has 6 unspecified atom stereocenters. The molecule has 6 atom stereocenters. The number of allylic oxidation sites excluding steroid dienone is 4. The third kappa shape index (κ3) is 51.2. The molecule has 5 fully saturated rings. The fourth-order valence-electron chi connectivity index (χ4n) is 8.50. The largest absolute Gasteiger partial charge is 0.412 e. The Balaban J connectivity index is -0.0000000591. The van der Waals surface area contributed by atoms with Gasteiger partial charge in [0, 0.05) is 14.6 Å². The van der Waals surface area contributed by atoms with Crippen LogP contribution in [0.2, 0.25) is 0 Å². The van der Waals surface area contributed by atoms with E-state index < -0.39 is 0 Å². The molecule has 2 saturated heterocycles. The van der Waals surface area contributed by atoms with Crippen LogP contribution in [0.1, 0.15) is 306 Å². The van der Waals surface area contributed by atoms with Crippen molar-refractivity contribution < 1.29 is 16.4 Å². The number of hydrogen-bond donors (Lipinski definition) is 0. The first-order valence-electron chi connectivity index (χ1n) is 25.1. The molecule has 7 rings (SSSR count). The summed E-state index contributed by atoms with van der Waals surface area (Å²) in [5, 5.41) is 0. The van der Waals surface area contributed by atoms with Crippen LogP contribution in [0.15, 0.2) is 23.3 Å². The van der Waals surface area contributed by atoms with Gasteiger partial charge in [0.05, 0.1) is 12.2 Å². The molecule has 414 valence electrons. The van der Waals surface area contributed by atoms with Gasteiger partial charge in [0.1, 0.15) is 0 Å². The van der Waals surface area contributed by atoms with E-state index in [-0.39, 0.29) is 73.7 Å². The fourth-order valence-corrected chi connectivity index (χ4v) is 8.50. The summed E-state index contributed by atoms with van der Waals surface area (Å²) in [6.07, 6.45) is 36.8. The number of hydrogen-bond acceptors (Lipinski definition) is 2. The monoisotopic (exact) mass is 949 g/mol. The van der Waals surface area contributed by atoms with Crippen molar-refractivity contribution in [3.8, 4) is 0 Å². The van der Waals surface area contributed by atoms with Crippen LogP contribution in [-0.2, 0) is 9.47 Å². The SMILES string of the molecule is C.C.C.C.C.C.C.C.C.CC1=CCC(C)CC1.CC1=CCC(C)CC1.CC1CCC(C)CC1.CC1CCC(C)CC1.CC1CCC(C)CC1.CC1CCC(C)OC1.CC1CCC(C)OC1.O.[HH]. The van der Waals surface area contributed by atoms with E-state index in [4.69, 9.17) is 9.47 Å². The summed E-state index contributed by atoms with van der Waals surface area (Å²) in [5.41, 5.74) is 3.17. The van der Waals surface area contributed by atoms with Crippen LogP contribution in [0.4, 0.5) is 0 Å². The highest BCUT2D eigenvalue weighted by Gasteiger charge is 2.16. The van der Waals surface area contributed by atoms with Gasteiger partial charge in [-0.1, -0.05) is 236 Å². The van der Waals surface area contributed by atoms with Gasteiger partial charge in [0.15, 0.2) is 0 Å². The Hall–Kier alpha value is -0.640. The molecule has 2 aliphatic heterocycles. The van der Waals surface area contributed by atoms with Gasteiger partial charge in [-0.3, -0.25) is 0 Å². The molecule has 0 aromatic rings. The lowest BCUT2D eigenvalue weighted by Crippen LogP contribution is -2.21. The highest BCUT2D eigenvalue weighted by atomic mass is 16.5. The van der Waals surface area contributed by atoms with Gasteiger partial charge in [-0.2, -0.15) is 0 Å². The van der Waals surface area contributed by atoms with Gasteiger partial charge < -0.3 is 14.9 Å². The summed E-state index contributed by atoms with van der Waals surface area (Å²) in [4.78, 5) is 0. The quantitative estimate of drug-likeness (QED) is 0.227. The van der Waals surface area contributed by atoms with Crippen molar-refractivity contribution in [2.75, 3.05) is 13.2 Å². The van der Waals surface area contributed by atoms with Crippen LogP contribution >= 0.6 is 0 Å². The summed E-state index contributed by atoms with van der Waals surface area (Å²) in [5.74, 6) is 9.60. The lowest BCUT2D eigenvalue weighted by molar-refractivity contribution is 0.000174. The van der Waals surface area contributed by atoms with Crippen LogP contribution in [-0.4, -0.2) is 30.9 Å². The third-order valence-corrected chi connectivity index (χ3v) is 14.2. The summed E-state index contributed by atoms with van der Waals surface area (Å²) in [7, 11) is 0. The Morgan fingerprint density at radius 2 is 0.500 bits per heavy atom. The van der Waals surface area contributed by atoms with E-state index in [1.165, 1.54) is 141 Å². The van der Waals surface area contributed by atoms with Gasteiger partial charge in [0.2, 0.25) is 0 Å². The smallest absolute Gasteiger partial charge is 0.0547 e. The van der Waals surface area contributed by atoms with Crippen molar-refractivity contribution in [1.82, 2.24) is 0 Å². The molecule has 0 aromatic heterocycles. The molecule has 3 heteroatoms. The van der Waals surface area contributed by atoms with E-state index in [2.05, 4.69) is 109 Å². The van der Waals surface area contributed by atoms with E-state index in [1.807, 2.05) is 0 Å². The molecule has 0 amide bonds. The second kappa shape index (κ2) is 53.7. The second-order valence-electron chi connectivity index (χ2n) is 21.6. The summed E-state index contributed by atoms with van der Waals surface area (Å²) < 4.78 is 10.8. The van der Waals surface area contributed by atoms with Crippen LogP contribution in [0.3, 0.4) is 0 Å². The first-order valence-corrected chi connectivity index (χ1v) is 25.1. The minimum absolute atomic E-state index is 0. The normalized spacial score (nSPS) is 31.3. The Morgan fingerprint density at radius 1 is 0.303 bits per heavy atom. The minimum Gasteiger partial charge on any atom is -0.412 e. The summed E-state index contributed by atoms with van der Waals surface area (Å²) in [6, 6.07) is 0. The van der Waals surface area contributed by atoms with Crippen LogP contribution < -0.4 is 0 Å². The summed E-state index contributed by atoms with van der Waals surface area (Å²) >= 11 is 0. The van der Waals surface area contributed by atoms with E-state index in [1.54, 1.807) is 11.1 Å². The van der Waals surface area contributed by atoms with E-state index >= 15 is 0 Å². The Kier molecular flexibility index (Phi) is 71.9. The van der Waals surface area contributed by atoms with E-state index in [0.717, 1.165) is 72.4 Å².